The second kappa shape index (κ2) is 8.45. The Balaban J connectivity index is 1.95. The van der Waals surface area contributed by atoms with Crippen LogP contribution in [0.3, 0.4) is 0 Å². The number of nitrogens with one attached hydrogen (secondary N) is 2. The van der Waals surface area contributed by atoms with E-state index in [1.165, 1.54) is 7.11 Å². The van der Waals surface area contributed by atoms with Gasteiger partial charge in [-0.25, -0.2) is 4.79 Å². The first kappa shape index (κ1) is 17.9. The number of ether oxygens (including phenoxy) is 2. The second-order valence-corrected chi connectivity index (χ2v) is 5.84. The van der Waals surface area contributed by atoms with E-state index in [0.29, 0.717) is 22.9 Å². The Labute approximate surface area is 146 Å². The minimum absolute atomic E-state index is 0.0534. The molecule has 0 saturated carbocycles. The third-order valence-electron chi connectivity index (χ3n) is 3.46. The first-order valence-corrected chi connectivity index (χ1v) is 7.93. The van der Waals surface area contributed by atoms with Gasteiger partial charge in [-0.2, -0.15) is 0 Å². The topological polar surface area (TPSA) is 59.6 Å². The second-order valence-electron chi connectivity index (χ2n) is 5.40. The first-order chi connectivity index (χ1) is 11.5. The van der Waals surface area contributed by atoms with E-state index in [1.54, 1.807) is 25.3 Å². The lowest BCUT2D eigenvalue weighted by Gasteiger charge is -2.16. The van der Waals surface area contributed by atoms with Crippen molar-refractivity contribution in [3.05, 3.63) is 53.1 Å². The Hall–Kier alpha value is -2.40. The SMILES string of the molecule is COc1cccc(CC(C)NC(=O)Nc2cc(Cl)ccc2OC)c1. The zero-order valence-electron chi connectivity index (χ0n) is 13.9. The number of hydrogen-bond donors (Lipinski definition) is 2. The van der Waals surface area contributed by atoms with Crippen molar-refractivity contribution >= 4 is 23.3 Å². The monoisotopic (exact) mass is 348 g/mol. The number of benzene rings is 2. The number of anilines is 1. The average Bonchev–Trinajstić information content (AvgIpc) is 2.55. The summed E-state index contributed by atoms with van der Waals surface area (Å²) < 4.78 is 10.4. The van der Waals surface area contributed by atoms with E-state index in [9.17, 15) is 4.79 Å². The number of rotatable bonds is 6. The maximum Gasteiger partial charge on any atom is 0.319 e. The Morgan fingerprint density at radius 1 is 1.17 bits per heavy atom. The molecule has 0 aliphatic heterocycles. The number of carbonyl (C=O) groups excluding carboxylic acids is 1. The maximum absolute atomic E-state index is 12.2. The van der Waals surface area contributed by atoms with Crippen LogP contribution < -0.4 is 20.1 Å². The van der Waals surface area contributed by atoms with Gasteiger partial charge in [0.15, 0.2) is 0 Å². The molecule has 0 bridgehead atoms. The van der Waals surface area contributed by atoms with Gasteiger partial charge in [0, 0.05) is 11.1 Å². The number of urea groups is 1. The van der Waals surface area contributed by atoms with Gasteiger partial charge < -0.3 is 20.1 Å². The molecule has 2 rings (SSSR count). The molecule has 128 valence electrons. The first-order valence-electron chi connectivity index (χ1n) is 7.56. The van der Waals surface area contributed by atoms with Gasteiger partial charge in [0.1, 0.15) is 11.5 Å². The lowest BCUT2D eigenvalue weighted by atomic mass is 10.1. The van der Waals surface area contributed by atoms with Crippen molar-refractivity contribution in [2.45, 2.75) is 19.4 Å². The number of amides is 2. The molecule has 0 fully saturated rings. The Morgan fingerprint density at radius 3 is 2.67 bits per heavy atom. The van der Waals surface area contributed by atoms with Gasteiger partial charge in [-0.05, 0) is 49.2 Å². The fraction of sp³-hybridized carbons (Fsp3) is 0.278. The third-order valence-corrected chi connectivity index (χ3v) is 3.70. The Kier molecular flexibility index (Phi) is 6.32. The predicted octanol–water partition coefficient (Wildman–Crippen LogP) is 4.11. The van der Waals surface area contributed by atoms with Crippen LogP contribution in [0.1, 0.15) is 12.5 Å². The van der Waals surface area contributed by atoms with Crippen LogP contribution in [0.25, 0.3) is 0 Å². The molecule has 0 saturated heterocycles. The van der Waals surface area contributed by atoms with Crippen LogP contribution in [0.5, 0.6) is 11.5 Å². The van der Waals surface area contributed by atoms with Gasteiger partial charge >= 0.3 is 6.03 Å². The van der Waals surface area contributed by atoms with Gasteiger partial charge in [0.2, 0.25) is 0 Å². The minimum atomic E-state index is -0.314. The molecule has 0 aliphatic carbocycles. The molecule has 5 nitrogen and oxygen atoms in total. The van der Waals surface area contributed by atoms with E-state index in [1.807, 2.05) is 31.2 Å². The van der Waals surface area contributed by atoms with E-state index in [0.717, 1.165) is 11.3 Å². The van der Waals surface area contributed by atoms with E-state index in [4.69, 9.17) is 21.1 Å². The fourth-order valence-electron chi connectivity index (χ4n) is 2.36. The lowest BCUT2D eigenvalue weighted by molar-refractivity contribution is 0.249. The number of methoxy groups -OCH3 is 2. The van der Waals surface area contributed by atoms with Crippen LogP contribution >= 0.6 is 11.6 Å². The molecule has 0 radical (unpaired) electrons. The van der Waals surface area contributed by atoms with Gasteiger partial charge in [-0.15, -0.1) is 0 Å². The van der Waals surface area contributed by atoms with Crippen molar-refractivity contribution in [3.63, 3.8) is 0 Å². The number of carbonyl (C=O) groups is 1. The quantitative estimate of drug-likeness (QED) is 0.825. The number of hydrogen-bond acceptors (Lipinski definition) is 3. The number of halogens is 1. The third kappa shape index (κ3) is 5.06. The molecule has 0 spiro atoms. The van der Waals surface area contributed by atoms with Gasteiger partial charge in [0.05, 0.1) is 19.9 Å². The van der Waals surface area contributed by atoms with Crippen molar-refractivity contribution in [1.29, 1.82) is 0 Å². The van der Waals surface area contributed by atoms with E-state index < -0.39 is 0 Å². The van der Waals surface area contributed by atoms with Crippen LogP contribution in [0, 0.1) is 0 Å². The molecule has 0 aliphatic rings. The Morgan fingerprint density at radius 2 is 1.96 bits per heavy atom. The summed E-state index contributed by atoms with van der Waals surface area (Å²) in [5, 5.41) is 6.18. The molecular weight excluding hydrogens is 328 g/mol. The minimum Gasteiger partial charge on any atom is -0.497 e. The Bertz CT molecular complexity index is 706. The maximum atomic E-state index is 12.2. The van der Waals surface area contributed by atoms with Crippen LogP contribution in [0.2, 0.25) is 5.02 Å². The zero-order valence-corrected chi connectivity index (χ0v) is 14.7. The molecule has 6 heteroatoms. The smallest absolute Gasteiger partial charge is 0.319 e. The van der Waals surface area contributed by atoms with Crippen molar-refractivity contribution in [2.75, 3.05) is 19.5 Å². The zero-order chi connectivity index (χ0) is 17.5. The summed E-state index contributed by atoms with van der Waals surface area (Å²) >= 11 is 5.96. The highest BCUT2D eigenvalue weighted by Gasteiger charge is 2.11. The van der Waals surface area contributed by atoms with E-state index in [2.05, 4.69) is 10.6 Å². The van der Waals surface area contributed by atoms with E-state index >= 15 is 0 Å². The average molecular weight is 349 g/mol. The van der Waals surface area contributed by atoms with Crippen LogP contribution in [0.15, 0.2) is 42.5 Å². The largest absolute Gasteiger partial charge is 0.497 e. The highest BCUT2D eigenvalue weighted by Crippen LogP contribution is 2.27. The summed E-state index contributed by atoms with van der Waals surface area (Å²) in [6.45, 7) is 1.94. The molecule has 2 aromatic rings. The molecule has 2 N–H and O–H groups in total. The summed E-state index contributed by atoms with van der Waals surface area (Å²) in [6, 6.07) is 12.5. The highest BCUT2D eigenvalue weighted by atomic mass is 35.5. The molecule has 2 aromatic carbocycles. The van der Waals surface area contributed by atoms with Crippen LogP contribution in [-0.4, -0.2) is 26.3 Å². The van der Waals surface area contributed by atoms with Gasteiger partial charge in [0.25, 0.3) is 0 Å². The van der Waals surface area contributed by atoms with Crippen molar-refractivity contribution in [3.8, 4) is 11.5 Å². The molecule has 0 aromatic heterocycles. The van der Waals surface area contributed by atoms with Crippen molar-refractivity contribution in [1.82, 2.24) is 5.32 Å². The standard InChI is InChI=1S/C18H21ClN2O3/c1-12(9-13-5-4-6-15(10-13)23-2)20-18(22)21-16-11-14(19)7-8-17(16)24-3/h4-8,10-12H,9H2,1-3H3,(H2,20,21,22). The van der Waals surface area contributed by atoms with E-state index in [-0.39, 0.29) is 12.1 Å². The van der Waals surface area contributed by atoms with Gasteiger partial charge in [-0.3, -0.25) is 0 Å². The fourth-order valence-corrected chi connectivity index (χ4v) is 2.54. The molecule has 24 heavy (non-hydrogen) atoms. The summed E-state index contributed by atoms with van der Waals surface area (Å²) in [7, 11) is 3.17. The molecule has 2 amide bonds. The molecule has 0 heterocycles. The van der Waals surface area contributed by atoms with Crippen LogP contribution in [0.4, 0.5) is 10.5 Å². The van der Waals surface area contributed by atoms with Crippen molar-refractivity contribution < 1.29 is 14.3 Å². The molecule has 1 unspecified atom stereocenters. The normalized spacial score (nSPS) is 11.5. The lowest BCUT2D eigenvalue weighted by Crippen LogP contribution is -2.37. The van der Waals surface area contributed by atoms with Crippen molar-refractivity contribution in [2.24, 2.45) is 0 Å². The molecule has 1 atom stereocenters. The summed E-state index contributed by atoms with van der Waals surface area (Å²) in [5.41, 5.74) is 1.61. The predicted molar refractivity (Wildman–Crippen MR) is 96.3 cm³/mol. The molecular formula is C18H21ClN2O3. The summed E-state index contributed by atoms with van der Waals surface area (Å²) in [4.78, 5) is 12.2. The van der Waals surface area contributed by atoms with Crippen LogP contribution in [-0.2, 0) is 6.42 Å². The highest BCUT2D eigenvalue weighted by molar-refractivity contribution is 6.31. The summed E-state index contributed by atoms with van der Waals surface area (Å²) in [6.07, 6.45) is 0.692. The summed E-state index contributed by atoms with van der Waals surface area (Å²) in [5.74, 6) is 1.35. The van der Waals surface area contributed by atoms with Gasteiger partial charge in [-0.1, -0.05) is 23.7 Å².